The maximum atomic E-state index is 13.9. The van der Waals surface area contributed by atoms with Crippen LogP contribution in [0.2, 0.25) is 0 Å². The van der Waals surface area contributed by atoms with E-state index >= 15 is 0 Å². The van der Waals surface area contributed by atoms with E-state index in [0.29, 0.717) is 11.1 Å². The van der Waals surface area contributed by atoms with E-state index in [-0.39, 0.29) is 62.8 Å². The van der Waals surface area contributed by atoms with Crippen LogP contribution in [-0.4, -0.2) is 46.7 Å². The number of fused-ring (bicyclic) bond motifs is 3. The second-order valence-electron chi connectivity index (χ2n) is 10.2. The second kappa shape index (κ2) is 9.41. The number of hydrogen-bond donors (Lipinski definition) is 2. The SMILES string of the molecule is COc1cccc(C2C3=CCC4C(=O)N(c5cccc(C(=O)O)c5)C(=O)C4C3CC3=C2C(=O)C=C(Br)C3=O)c1O. The van der Waals surface area contributed by atoms with Gasteiger partial charge in [0.25, 0.3) is 0 Å². The molecule has 0 radical (unpaired) electrons. The third-order valence-electron chi connectivity index (χ3n) is 8.24. The van der Waals surface area contributed by atoms with Gasteiger partial charge in [-0.2, -0.15) is 0 Å². The molecule has 202 valence electrons. The Balaban J connectivity index is 1.49. The highest BCUT2D eigenvalue weighted by Crippen LogP contribution is 2.57. The zero-order valence-corrected chi connectivity index (χ0v) is 22.7. The Labute approximate surface area is 236 Å². The molecule has 4 unspecified atom stereocenters. The number of anilines is 1. The van der Waals surface area contributed by atoms with E-state index < -0.39 is 41.5 Å². The first kappa shape index (κ1) is 25.9. The van der Waals surface area contributed by atoms with Crippen molar-refractivity contribution >= 4 is 51.0 Å². The van der Waals surface area contributed by atoms with Crippen LogP contribution >= 0.6 is 15.9 Å². The van der Waals surface area contributed by atoms with E-state index in [0.717, 1.165) is 4.90 Å². The number of benzene rings is 2. The zero-order valence-electron chi connectivity index (χ0n) is 21.1. The van der Waals surface area contributed by atoms with Gasteiger partial charge in [0.1, 0.15) is 0 Å². The number of carbonyl (C=O) groups is 5. The molecule has 1 heterocycles. The second-order valence-corrected chi connectivity index (χ2v) is 11.0. The Morgan fingerprint density at radius 3 is 2.52 bits per heavy atom. The first-order valence-electron chi connectivity index (χ1n) is 12.6. The number of hydrogen-bond acceptors (Lipinski definition) is 7. The quantitative estimate of drug-likeness (QED) is 0.303. The lowest BCUT2D eigenvalue weighted by molar-refractivity contribution is -0.123. The summed E-state index contributed by atoms with van der Waals surface area (Å²) in [6.45, 7) is 0. The highest BCUT2D eigenvalue weighted by Gasteiger charge is 2.57. The molecule has 6 rings (SSSR count). The molecule has 1 saturated heterocycles. The lowest BCUT2D eigenvalue weighted by atomic mass is 9.59. The van der Waals surface area contributed by atoms with Gasteiger partial charge in [0.15, 0.2) is 23.1 Å². The number of methoxy groups -OCH3 is 1. The van der Waals surface area contributed by atoms with Gasteiger partial charge in [-0.3, -0.25) is 24.1 Å². The molecule has 2 aromatic carbocycles. The summed E-state index contributed by atoms with van der Waals surface area (Å²) in [7, 11) is 1.41. The van der Waals surface area contributed by atoms with Gasteiger partial charge < -0.3 is 14.9 Å². The number of rotatable bonds is 4. The van der Waals surface area contributed by atoms with Crippen molar-refractivity contribution in [3.8, 4) is 11.5 Å². The molecule has 2 amide bonds. The minimum atomic E-state index is -1.19. The fourth-order valence-electron chi connectivity index (χ4n) is 6.53. The molecule has 0 bridgehead atoms. The van der Waals surface area contributed by atoms with Crippen molar-refractivity contribution in [2.24, 2.45) is 17.8 Å². The summed E-state index contributed by atoms with van der Waals surface area (Å²) < 4.78 is 5.40. The standard InChI is InChI=1S/C30H22BrNO8/c1-40-22-7-3-6-16(27(22)35)23-15-8-9-17-24(18(15)11-19-25(23)21(33)12-20(31)26(19)34)29(37)32(28(17)36)14-5-2-4-13(10-14)30(38)39/h2-8,10,12,17-18,23-24,35H,9,11H2,1H3,(H,38,39). The summed E-state index contributed by atoms with van der Waals surface area (Å²) in [6.07, 6.45) is 3.34. The number of Topliss-reactive ketones (excluding diaryl/α,β-unsaturated/α-hetero) is 1. The molecule has 4 atom stereocenters. The number of phenolic OH excluding ortho intramolecular Hbond substituents is 1. The van der Waals surface area contributed by atoms with Gasteiger partial charge in [-0.15, -0.1) is 0 Å². The largest absolute Gasteiger partial charge is 0.504 e. The van der Waals surface area contributed by atoms with E-state index in [1.165, 1.54) is 37.5 Å². The van der Waals surface area contributed by atoms with Crippen molar-refractivity contribution in [1.29, 1.82) is 0 Å². The molecule has 1 fully saturated rings. The predicted octanol–water partition coefficient (Wildman–Crippen LogP) is 4.07. The van der Waals surface area contributed by atoms with E-state index in [1.807, 2.05) is 6.08 Å². The number of carboxylic acids is 1. The van der Waals surface area contributed by atoms with Crippen LogP contribution in [0.25, 0.3) is 0 Å². The Hall–Kier alpha value is -4.31. The first-order valence-corrected chi connectivity index (χ1v) is 13.4. The first-order chi connectivity index (χ1) is 19.1. The zero-order chi connectivity index (χ0) is 28.5. The Morgan fingerprint density at radius 2 is 1.80 bits per heavy atom. The van der Waals surface area contributed by atoms with Crippen molar-refractivity contribution in [1.82, 2.24) is 0 Å². The number of allylic oxidation sites excluding steroid dienone is 6. The number of aromatic carboxylic acids is 1. The number of carboxylic acid groups (broad SMARTS) is 1. The summed E-state index contributed by atoms with van der Waals surface area (Å²) in [4.78, 5) is 66.8. The number of para-hydroxylation sites is 1. The third kappa shape index (κ3) is 3.70. The Kier molecular flexibility index (Phi) is 6.10. The topological polar surface area (TPSA) is 138 Å². The van der Waals surface area contributed by atoms with Crippen molar-refractivity contribution in [3.05, 3.63) is 86.9 Å². The summed E-state index contributed by atoms with van der Waals surface area (Å²) in [5.41, 5.74) is 1.62. The average molecular weight is 604 g/mol. The molecule has 2 aromatic rings. The van der Waals surface area contributed by atoms with Gasteiger partial charge in [-0.25, -0.2) is 4.79 Å². The van der Waals surface area contributed by atoms with Crippen LogP contribution in [0, 0.1) is 17.8 Å². The number of carbonyl (C=O) groups excluding carboxylic acids is 4. The summed E-state index contributed by atoms with van der Waals surface area (Å²) in [5.74, 6) is -5.86. The van der Waals surface area contributed by atoms with Gasteiger partial charge in [-0.05, 0) is 59.0 Å². The molecule has 1 aliphatic heterocycles. The number of ether oxygens (including phenoxy) is 1. The van der Waals surface area contributed by atoms with Crippen LogP contribution in [-0.2, 0) is 19.2 Å². The van der Waals surface area contributed by atoms with Gasteiger partial charge in [0, 0.05) is 28.7 Å². The number of ketones is 2. The monoisotopic (exact) mass is 603 g/mol. The molecule has 0 saturated carbocycles. The van der Waals surface area contributed by atoms with E-state index in [4.69, 9.17) is 4.74 Å². The fourth-order valence-corrected chi connectivity index (χ4v) is 6.98. The molecule has 0 spiro atoms. The minimum Gasteiger partial charge on any atom is -0.504 e. The summed E-state index contributed by atoms with van der Waals surface area (Å²) in [6, 6.07) is 10.5. The van der Waals surface area contributed by atoms with Gasteiger partial charge in [-0.1, -0.05) is 29.8 Å². The molecule has 2 N–H and O–H groups in total. The van der Waals surface area contributed by atoms with Crippen LogP contribution < -0.4 is 9.64 Å². The lowest BCUT2D eigenvalue weighted by Crippen LogP contribution is -2.39. The Morgan fingerprint density at radius 1 is 1.05 bits per heavy atom. The summed E-state index contributed by atoms with van der Waals surface area (Å²) in [5, 5.41) is 20.5. The van der Waals surface area contributed by atoms with Gasteiger partial charge >= 0.3 is 5.97 Å². The molecule has 4 aliphatic rings. The van der Waals surface area contributed by atoms with Crippen LogP contribution in [0.4, 0.5) is 5.69 Å². The number of aromatic hydroxyl groups is 1. The molecular formula is C30H22BrNO8. The minimum absolute atomic E-state index is 0.0595. The normalized spacial score (nSPS) is 25.7. The molecule has 0 aromatic heterocycles. The maximum Gasteiger partial charge on any atom is 0.335 e. The number of imide groups is 1. The molecule has 3 aliphatic carbocycles. The molecule has 10 heteroatoms. The van der Waals surface area contributed by atoms with Crippen LogP contribution in [0.15, 0.2) is 75.8 Å². The van der Waals surface area contributed by atoms with Crippen molar-refractivity contribution < 1.29 is 38.9 Å². The van der Waals surface area contributed by atoms with E-state index in [1.54, 1.807) is 18.2 Å². The maximum absolute atomic E-state index is 13.9. The van der Waals surface area contributed by atoms with Crippen LogP contribution in [0.5, 0.6) is 11.5 Å². The van der Waals surface area contributed by atoms with Gasteiger partial charge in [0.2, 0.25) is 11.8 Å². The smallest absolute Gasteiger partial charge is 0.335 e. The van der Waals surface area contributed by atoms with Crippen LogP contribution in [0.1, 0.15) is 34.7 Å². The van der Waals surface area contributed by atoms with Gasteiger partial charge in [0.05, 0.1) is 34.7 Å². The summed E-state index contributed by atoms with van der Waals surface area (Å²) >= 11 is 3.19. The molecular weight excluding hydrogens is 582 g/mol. The highest BCUT2D eigenvalue weighted by atomic mass is 79.9. The Bertz CT molecular complexity index is 1650. The molecule has 40 heavy (non-hydrogen) atoms. The van der Waals surface area contributed by atoms with Crippen molar-refractivity contribution in [3.63, 3.8) is 0 Å². The van der Waals surface area contributed by atoms with Crippen molar-refractivity contribution in [2.75, 3.05) is 12.0 Å². The highest BCUT2D eigenvalue weighted by molar-refractivity contribution is 9.12. The number of nitrogens with zero attached hydrogens (tertiary/aromatic N) is 1. The predicted molar refractivity (Wildman–Crippen MR) is 145 cm³/mol. The lowest BCUT2D eigenvalue weighted by Gasteiger charge is -2.42. The third-order valence-corrected chi connectivity index (χ3v) is 8.83. The van der Waals surface area contributed by atoms with E-state index in [9.17, 15) is 34.2 Å². The number of amides is 2. The number of halogens is 1. The van der Waals surface area contributed by atoms with E-state index in [2.05, 4.69) is 15.9 Å². The molecule has 9 nitrogen and oxygen atoms in total. The fraction of sp³-hybridized carbons (Fsp3) is 0.233. The van der Waals surface area contributed by atoms with Crippen molar-refractivity contribution in [2.45, 2.75) is 18.8 Å². The number of phenols is 1. The average Bonchev–Trinajstić information content (AvgIpc) is 3.20. The van der Waals surface area contributed by atoms with Crippen LogP contribution in [0.3, 0.4) is 0 Å².